The number of fused-ring (bicyclic) bond motifs is 1. The highest BCUT2D eigenvalue weighted by atomic mass is 16.1. The first-order valence-electron chi connectivity index (χ1n) is 3.74. The van der Waals surface area contributed by atoms with E-state index in [9.17, 15) is 4.79 Å². The Morgan fingerprint density at radius 3 is 3.25 bits per heavy atom. The zero-order valence-corrected chi connectivity index (χ0v) is 6.45. The predicted octanol–water partition coefficient (Wildman–Crippen LogP) is 1.45. The van der Waals surface area contributed by atoms with Crippen molar-refractivity contribution in [1.82, 2.24) is 0 Å². The van der Waals surface area contributed by atoms with E-state index < -0.39 is 0 Å². The van der Waals surface area contributed by atoms with E-state index in [0.29, 0.717) is 6.54 Å². The lowest BCUT2D eigenvalue weighted by Crippen LogP contribution is -2.07. The molecule has 12 heavy (non-hydrogen) atoms. The van der Waals surface area contributed by atoms with Crippen LogP contribution in [0.5, 0.6) is 0 Å². The van der Waals surface area contributed by atoms with Crippen molar-refractivity contribution >= 4 is 18.3 Å². The summed E-state index contributed by atoms with van der Waals surface area (Å²) >= 11 is 0. The van der Waals surface area contributed by atoms with Gasteiger partial charge in [-0.05, 0) is 6.07 Å². The molecule has 1 aliphatic heterocycles. The summed E-state index contributed by atoms with van der Waals surface area (Å²) in [5.41, 5.74) is 2.68. The highest BCUT2D eigenvalue weighted by Gasteiger charge is 2.08. The van der Waals surface area contributed by atoms with Crippen molar-refractivity contribution in [2.45, 2.75) is 6.54 Å². The van der Waals surface area contributed by atoms with Gasteiger partial charge in [0, 0.05) is 16.8 Å². The Bertz CT molecular complexity index is 344. The second-order valence-corrected chi connectivity index (χ2v) is 2.61. The number of nitrogens with one attached hydrogen (secondary N) is 1. The van der Waals surface area contributed by atoms with Gasteiger partial charge in [0.1, 0.15) is 6.29 Å². The molecule has 60 valence electrons. The molecular weight excluding hydrogens is 152 g/mol. The molecule has 0 bridgehead atoms. The lowest BCUT2D eigenvalue weighted by atomic mass is 10.1. The monoisotopic (exact) mass is 160 g/mol. The number of carbonyl (C=O) groups excluding carboxylic acids is 1. The van der Waals surface area contributed by atoms with E-state index in [4.69, 9.17) is 0 Å². The summed E-state index contributed by atoms with van der Waals surface area (Å²) in [6.07, 6.45) is 2.51. The Labute approximate surface area is 70.1 Å². The summed E-state index contributed by atoms with van der Waals surface area (Å²) < 4.78 is 0. The van der Waals surface area contributed by atoms with Gasteiger partial charge in [-0.2, -0.15) is 0 Å². The Morgan fingerprint density at radius 2 is 2.42 bits per heavy atom. The largest absolute Gasteiger partial charge is 0.346 e. The van der Waals surface area contributed by atoms with Gasteiger partial charge in [-0.1, -0.05) is 12.1 Å². The maximum absolute atomic E-state index is 10.6. The third kappa shape index (κ3) is 0.993. The van der Waals surface area contributed by atoms with Crippen LogP contribution in [-0.2, 0) is 6.54 Å². The zero-order chi connectivity index (χ0) is 8.39. The van der Waals surface area contributed by atoms with Crippen molar-refractivity contribution in [1.29, 1.82) is 0 Å². The van der Waals surface area contributed by atoms with Crippen LogP contribution in [0.1, 0.15) is 15.9 Å². The van der Waals surface area contributed by atoms with Gasteiger partial charge >= 0.3 is 0 Å². The van der Waals surface area contributed by atoms with E-state index >= 15 is 0 Å². The minimum Gasteiger partial charge on any atom is -0.346 e. The van der Waals surface area contributed by atoms with Crippen LogP contribution in [-0.4, -0.2) is 12.6 Å². The van der Waals surface area contributed by atoms with Gasteiger partial charge in [-0.15, -0.1) is 0 Å². The number of hydrogen-bond acceptors (Lipinski definition) is 3. The number of rotatable bonds is 1. The second-order valence-electron chi connectivity index (χ2n) is 2.61. The molecule has 1 aromatic carbocycles. The van der Waals surface area contributed by atoms with E-state index in [2.05, 4.69) is 10.3 Å². The summed E-state index contributed by atoms with van der Waals surface area (Å²) in [4.78, 5) is 14.6. The summed E-state index contributed by atoms with van der Waals surface area (Å²) in [5.74, 6) is 0. The molecule has 1 N–H and O–H groups in total. The molecule has 0 atom stereocenters. The molecule has 0 radical (unpaired) electrons. The first kappa shape index (κ1) is 7.03. The summed E-state index contributed by atoms with van der Waals surface area (Å²) in [7, 11) is 0. The maximum atomic E-state index is 10.6. The van der Waals surface area contributed by atoms with Crippen LogP contribution in [0.2, 0.25) is 0 Å². The first-order valence-corrected chi connectivity index (χ1v) is 3.74. The minimum absolute atomic E-state index is 0.594. The Kier molecular flexibility index (Phi) is 1.63. The molecule has 0 spiro atoms. The summed E-state index contributed by atoms with van der Waals surface area (Å²) in [6, 6.07) is 5.59. The Morgan fingerprint density at radius 1 is 1.50 bits per heavy atom. The average Bonchev–Trinajstić information content (AvgIpc) is 2.17. The van der Waals surface area contributed by atoms with Gasteiger partial charge in [0.2, 0.25) is 0 Å². The summed E-state index contributed by atoms with van der Waals surface area (Å²) in [6.45, 7) is 0.594. The second kappa shape index (κ2) is 2.77. The number of nitrogens with zero attached hydrogens (tertiary/aromatic N) is 1. The average molecular weight is 160 g/mol. The van der Waals surface area contributed by atoms with Gasteiger partial charge < -0.3 is 5.32 Å². The number of benzene rings is 1. The number of hydrogen-bond donors (Lipinski definition) is 1. The van der Waals surface area contributed by atoms with Crippen molar-refractivity contribution in [2.75, 3.05) is 5.32 Å². The van der Waals surface area contributed by atoms with Crippen molar-refractivity contribution in [3.63, 3.8) is 0 Å². The molecule has 0 aromatic heterocycles. The number of aldehydes is 1. The van der Waals surface area contributed by atoms with Crippen LogP contribution in [0, 0.1) is 0 Å². The molecule has 2 rings (SSSR count). The molecular formula is C9H8N2O. The highest BCUT2D eigenvalue weighted by Crippen LogP contribution is 2.21. The van der Waals surface area contributed by atoms with Crippen molar-refractivity contribution in [3.05, 3.63) is 29.3 Å². The molecule has 0 saturated heterocycles. The van der Waals surface area contributed by atoms with Crippen LogP contribution in [0.25, 0.3) is 0 Å². The fraction of sp³-hybridized carbons (Fsp3) is 0.111. The summed E-state index contributed by atoms with van der Waals surface area (Å²) in [5, 5.41) is 2.99. The predicted molar refractivity (Wildman–Crippen MR) is 47.6 cm³/mol. The number of carbonyl (C=O) groups is 1. The maximum Gasteiger partial charge on any atom is 0.150 e. The lowest BCUT2D eigenvalue weighted by molar-refractivity contribution is 0.112. The Hall–Kier alpha value is -1.64. The van der Waals surface area contributed by atoms with E-state index in [-0.39, 0.29) is 0 Å². The molecule has 3 nitrogen and oxygen atoms in total. The zero-order valence-electron chi connectivity index (χ0n) is 6.45. The van der Waals surface area contributed by atoms with Gasteiger partial charge in [-0.3, -0.25) is 9.79 Å². The first-order chi connectivity index (χ1) is 5.92. The van der Waals surface area contributed by atoms with Gasteiger partial charge in [0.05, 0.1) is 12.9 Å². The van der Waals surface area contributed by atoms with E-state index in [1.807, 2.05) is 12.1 Å². The molecule has 3 heteroatoms. The lowest BCUT2D eigenvalue weighted by Gasteiger charge is -2.12. The van der Waals surface area contributed by atoms with Gasteiger partial charge in [0.15, 0.2) is 0 Å². The van der Waals surface area contributed by atoms with Gasteiger partial charge in [-0.25, -0.2) is 0 Å². The van der Waals surface area contributed by atoms with Crippen LogP contribution in [0.3, 0.4) is 0 Å². The van der Waals surface area contributed by atoms with Gasteiger partial charge in [0.25, 0.3) is 0 Å². The van der Waals surface area contributed by atoms with Crippen molar-refractivity contribution < 1.29 is 4.79 Å². The molecule has 0 aliphatic carbocycles. The molecule has 0 saturated carbocycles. The normalized spacial score (nSPS) is 13.3. The minimum atomic E-state index is 0.594. The van der Waals surface area contributed by atoms with Crippen LogP contribution in [0.15, 0.2) is 23.2 Å². The number of aliphatic imine (C=N–C) groups is 1. The number of anilines is 1. The molecule has 1 heterocycles. The SMILES string of the molecule is O=Cc1cccc2c1CN=CN2. The highest BCUT2D eigenvalue weighted by molar-refractivity contribution is 5.86. The molecule has 0 fully saturated rings. The molecule has 1 aliphatic rings. The third-order valence-corrected chi connectivity index (χ3v) is 1.90. The van der Waals surface area contributed by atoms with Crippen LogP contribution in [0.4, 0.5) is 5.69 Å². The van der Waals surface area contributed by atoms with Crippen LogP contribution < -0.4 is 5.32 Å². The fourth-order valence-corrected chi connectivity index (χ4v) is 1.28. The fourth-order valence-electron chi connectivity index (χ4n) is 1.28. The topological polar surface area (TPSA) is 41.5 Å². The Balaban J connectivity index is 2.55. The third-order valence-electron chi connectivity index (χ3n) is 1.90. The van der Waals surface area contributed by atoms with E-state index in [1.54, 1.807) is 12.4 Å². The smallest absolute Gasteiger partial charge is 0.150 e. The van der Waals surface area contributed by atoms with Crippen molar-refractivity contribution in [3.8, 4) is 0 Å². The van der Waals surface area contributed by atoms with E-state index in [0.717, 1.165) is 23.1 Å². The van der Waals surface area contributed by atoms with Crippen LogP contribution >= 0.6 is 0 Å². The van der Waals surface area contributed by atoms with E-state index in [1.165, 1.54) is 0 Å². The quantitative estimate of drug-likeness (QED) is 0.632. The van der Waals surface area contributed by atoms with Crippen molar-refractivity contribution in [2.24, 2.45) is 4.99 Å². The molecule has 0 amide bonds. The molecule has 1 aromatic rings. The standard InChI is InChI=1S/C9H8N2O/c12-5-7-2-1-3-9-8(7)4-10-6-11-9/h1-3,5-6H,4H2,(H,10,11). The molecule has 0 unspecified atom stereocenters.